The van der Waals surface area contributed by atoms with Gasteiger partial charge < -0.3 is 5.32 Å². The van der Waals surface area contributed by atoms with Crippen LogP contribution in [0.1, 0.15) is 44.9 Å². The van der Waals surface area contributed by atoms with E-state index in [1.54, 1.807) is 11.8 Å². The van der Waals surface area contributed by atoms with Gasteiger partial charge in [-0.25, -0.2) is 4.98 Å². The molecule has 0 radical (unpaired) electrons. The smallest absolute Gasteiger partial charge is 0.101 e. The molecule has 2 aromatic rings. The third kappa shape index (κ3) is 4.32. The van der Waals surface area contributed by atoms with Gasteiger partial charge in [-0.05, 0) is 48.7 Å². The summed E-state index contributed by atoms with van der Waals surface area (Å²) >= 11 is 1.70. The monoisotopic (exact) mass is 300 g/mol. The predicted molar refractivity (Wildman–Crippen MR) is 91.0 cm³/mol. The summed E-state index contributed by atoms with van der Waals surface area (Å²) < 4.78 is 0. The number of benzene rings is 1. The third-order valence-electron chi connectivity index (χ3n) is 3.63. The maximum absolute atomic E-state index is 4.54. The summed E-state index contributed by atoms with van der Waals surface area (Å²) in [7, 11) is 1.96. The van der Waals surface area contributed by atoms with Crippen molar-refractivity contribution in [1.82, 2.24) is 10.3 Å². The Kier molecular flexibility index (Phi) is 5.07. The van der Waals surface area contributed by atoms with E-state index in [0.717, 1.165) is 5.03 Å². The van der Waals surface area contributed by atoms with Gasteiger partial charge in [-0.15, -0.1) is 0 Å². The second kappa shape index (κ2) is 6.63. The highest BCUT2D eigenvalue weighted by Crippen LogP contribution is 2.29. The van der Waals surface area contributed by atoms with Gasteiger partial charge in [0.25, 0.3) is 0 Å². The molecule has 0 amide bonds. The molecule has 0 aliphatic carbocycles. The Labute approximate surface area is 132 Å². The van der Waals surface area contributed by atoms with E-state index in [4.69, 9.17) is 0 Å². The van der Waals surface area contributed by atoms with Gasteiger partial charge in [0.15, 0.2) is 0 Å². The number of hydrogen-bond acceptors (Lipinski definition) is 3. The van der Waals surface area contributed by atoms with Crippen LogP contribution in [0.4, 0.5) is 0 Å². The van der Waals surface area contributed by atoms with Gasteiger partial charge in [-0.1, -0.05) is 50.7 Å². The summed E-state index contributed by atoms with van der Waals surface area (Å²) in [4.78, 5) is 5.76. The van der Waals surface area contributed by atoms with Crippen molar-refractivity contribution in [3.05, 3.63) is 53.7 Å². The fraction of sp³-hybridized carbons (Fsp3) is 0.389. The van der Waals surface area contributed by atoms with Crippen LogP contribution in [0.15, 0.2) is 52.5 Å². The molecular weight excluding hydrogens is 276 g/mol. The molecule has 0 saturated heterocycles. The zero-order valence-corrected chi connectivity index (χ0v) is 14.3. The lowest BCUT2D eigenvalue weighted by Crippen LogP contribution is -2.12. The first kappa shape index (κ1) is 16.1. The Morgan fingerprint density at radius 1 is 1.05 bits per heavy atom. The van der Waals surface area contributed by atoms with Crippen LogP contribution in [-0.2, 0) is 5.41 Å². The number of rotatable bonds is 4. The largest absolute Gasteiger partial charge is 0.313 e. The van der Waals surface area contributed by atoms with Crippen LogP contribution >= 0.6 is 11.8 Å². The number of aromatic nitrogens is 1. The summed E-state index contributed by atoms with van der Waals surface area (Å²) in [6, 6.07) is 13.3. The summed E-state index contributed by atoms with van der Waals surface area (Å²) in [5, 5.41) is 4.26. The van der Waals surface area contributed by atoms with Gasteiger partial charge in [0.2, 0.25) is 0 Å². The molecule has 1 heterocycles. The lowest BCUT2D eigenvalue weighted by Gasteiger charge is -2.19. The average Bonchev–Trinajstić information content (AvgIpc) is 2.47. The van der Waals surface area contributed by atoms with E-state index in [9.17, 15) is 0 Å². The fourth-order valence-electron chi connectivity index (χ4n) is 2.02. The van der Waals surface area contributed by atoms with Crippen LogP contribution in [-0.4, -0.2) is 12.0 Å². The summed E-state index contributed by atoms with van der Waals surface area (Å²) in [6.07, 6.45) is 1.95. The first-order valence-corrected chi connectivity index (χ1v) is 8.13. The van der Waals surface area contributed by atoms with Gasteiger partial charge in [0.1, 0.15) is 5.03 Å². The van der Waals surface area contributed by atoms with E-state index in [-0.39, 0.29) is 5.41 Å². The first-order valence-electron chi connectivity index (χ1n) is 7.32. The molecule has 21 heavy (non-hydrogen) atoms. The van der Waals surface area contributed by atoms with Crippen molar-refractivity contribution in [3.63, 3.8) is 0 Å². The average molecular weight is 300 g/mol. The number of nitrogens with zero attached hydrogens (tertiary/aromatic N) is 1. The van der Waals surface area contributed by atoms with Crippen molar-refractivity contribution < 1.29 is 0 Å². The molecule has 0 bridgehead atoms. The number of hydrogen-bond donors (Lipinski definition) is 1. The van der Waals surface area contributed by atoms with Crippen LogP contribution in [0, 0.1) is 0 Å². The number of pyridine rings is 1. The normalized spacial score (nSPS) is 13.2. The minimum atomic E-state index is 0.201. The molecule has 2 rings (SSSR count). The quantitative estimate of drug-likeness (QED) is 0.877. The molecular formula is C18H24N2S. The summed E-state index contributed by atoms with van der Waals surface area (Å²) in [5.41, 5.74) is 2.77. The molecule has 2 nitrogen and oxygen atoms in total. The molecule has 1 N–H and O–H groups in total. The Morgan fingerprint density at radius 3 is 2.19 bits per heavy atom. The van der Waals surface area contributed by atoms with Crippen LogP contribution in [0.3, 0.4) is 0 Å². The predicted octanol–water partition coefficient (Wildman–Crippen LogP) is 4.81. The highest BCUT2D eigenvalue weighted by molar-refractivity contribution is 7.99. The second-order valence-electron chi connectivity index (χ2n) is 6.32. The standard InChI is InChI=1S/C18H24N2S/c1-13(19-5)14-6-11-17(20-12-14)21-16-9-7-15(8-10-16)18(2,3)4/h6-13,19H,1-5H3. The van der Waals surface area contributed by atoms with E-state index in [1.165, 1.54) is 16.0 Å². The molecule has 0 fully saturated rings. The highest BCUT2D eigenvalue weighted by Gasteiger charge is 2.13. The molecule has 0 spiro atoms. The SMILES string of the molecule is CNC(C)c1ccc(Sc2ccc(C(C)(C)C)cc2)nc1. The van der Waals surface area contributed by atoms with Gasteiger partial charge in [-0.3, -0.25) is 0 Å². The van der Waals surface area contributed by atoms with Crippen LogP contribution in [0.5, 0.6) is 0 Å². The Morgan fingerprint density at radius 2 is 1.71 bits per heavy atom. The van der Waals surface area contributed by atoms with Crippen molar-refractivity contribution in [1.29, 1.82) is 0 Å². The highest BCUT2D eigenvalue weighted by atomic mass is 32.2. The van der Waals surface area contributed by atoms with Crippen LogP contribution in [0.25, 0.3) is 0 Å². The van der Waals surface area contributed by atoms with Crippen molar-refractivity contribution >= 4 is 11.8 Å². The van der Waals surface area contributed by atoms with E-state index in [2.05, 4.69) is 74.4 Å². The molecule has 1 aromatic heterocycles. The van der Waals surface area contributed by atoms with Gasteiger partial charge >= 0.3 is 0 Å². The van der Waals surface area contributed by atoms with E-state index in [0.29, 0.717) is 6.04 Å². The molecule has 0 saturated carbocycles. The van der Waals surface area contributed by atoms with Crippen molar-refractivity contribution in [2.24, 2.45) is 0 Å². The zero-order chi connectivity index (χ0) is 15.5. The molecule has 1 aromatic carbocycles. The summed E-state index contributed by atoms with van der Waals surface area (Å²) in [5.74, 6) is 0. The zero-order valence-electron chi connectivity index (χ0n) is 13.5. The van der Waals surface area contributed by atoms with E-state index in [1.807, 2.05) is 13.2 Å². The molecule has 1 unspecified atom stereocenters. The minimum Gasteiger partial charge on any atom is -0.313 e. The maximum atomic E-state index is 4.54. The Hall–Kier alpha value is -1.32. The molecule has 0 aliphatic rings. The van der Waals surface area contributed by atoms with E-state index >= 15 is 0 Å². The fourth-order valence-corrected chi connectivity index (χ4v) is 2.77. The van der Waals surface area contributed by atoms with Gasteiger partial charge in [0.05, 0.1) is 0 Å². The van der Waals surface area contributed by atoms with Crippen molar-refractivity contribution in [2.75, 3.05) is 7.05 Å². The molecule has 0 aliphatic heterocycles. The lowest BCUT2D eigenvalue weighted by molar-refractivity contribution is 0.590. The lowest BCUT2D eigenvalue weighted by atomic mass is 9.87. The third-order valence-corrected chi connectivity index (χ3v) is 4.59. The van der Waals surface area contributed by atoms with Gasteiger partial charge in [0, 0.05) is 17.1 Å². The summed E-state index contributed by atoms with van der Waals surface area (Å²) in [6.45, 7) is 8.84. The minimum absolute atomic E-state index is 0.201. The topological polar surface area (TPSA) is 24.9 Å². The molecule has 112 valence electrons. The van der Waals surface area contributed by atoms with Crippen molar-refractivity contribution in [3.8, 4) is 0 Å². The van der Waals surface area contributed by atoms with Crippen molar-refractivity contribution in [2.45, 2.75) is 49.1 Å². The number of nitrogens with one attached hydrogen (secondary N) is 1. The van der Waals surface area contributed by atoms with Crippen LogP contribution in [0.2, 0.25) is 0 Å². The molecule has 3 heteroatoms. The Balaban J connectivity index is 2.08. The van der Waals surface area contributed by atoms with E-state index < -0.39 is 0 Å². The Bertz CT molecular complexity index is 568. The first-order chi connectivity index (χ1) is 9.90. The van der Waals surface area contributed by atoms with Gasteiger partial charge in [-0.2, -0.15) is 0 Å². The maximum Gasteiger partial charge on any atom is 0.101 e. The van der Waals surface area contributed by atoms with Crippen LogP contribution < -0.4 is 5.32 Å². The molecule has 1 atom stereocenters. The second-order valence-corrected chi connectivity index (χ2v) is 7.41.